The molecule has 0 spiro atoms. The molecule has 26 heavy (non-hydrogen) atoms. The molecule has 0 aliphatic carbocycles. The molecule has 0 heterocycles. The molecule has 0 atom stereocenters. The van der Waals surface area contributed by atoms with E-state index in [0.717, 1.165) is 23.3 Å². The van der Waals surface area contributed by atoms with Crippen molar-refractivity contribution >= 4 is 0 Å². The van der Waals surface area contributed by atoms with E-state index in [2.05, 4.69) is 0 Å². The zero-order chi connectivity index (χ0) is 18.7. The van der Waals surface area contributed by atoms with Crippen LogP contribution in [-0.4, -0.2) is 5.11 Å². The first kappa shape index (κ1) is 17.9. The molecular formula is C21H17F3O2. The van der Waals surface area contributed by atoms with Gasteiger partial charge in [-0.3, -0.25) is 0 Å². The molecule has 0 radical (unpaired) electrons. The fraction of sp³-hybridized carbons (Fsp3) is 0.143. The third-order valence-electron chi connectivity index (χ3n) is 4.07. The van der Waals surface area contributed by atoms with Crippen molar-refractivity contribution in [3.63, 3.8) is 0 Å². The van der Waals surface area contributed by atoms with Gasteiger partial charge in [0.25, 0.3) is 0 Å². The van der Waals surface area contributed by atoms with Crippen LogP contribution < -0.4 is 4.74 Å². The highest BCUT2D eigenvalue weighted by molar-refractivity contribution is 5.70. The van der Waals surface area contributed by atoms with Crippen molar-refractivity contribution in [1.29, 1.82) is 0 Å². The summed E-state index contributed by atoms with van der Waals surface area (Å²) in [4.78, 5) is 0. The number of hydrogen-bond acceptors (Lipinski definition) is 2. The number of hydrogen-bond donors (Lipinski definition) is 1. The van der Waals surface area contributed by atoms with E-state index in [-0.39, 0.29) is 0 Å². The van der Waals surface area contributed by atoms with Crippen LogP contribution in [0.15, 0.2) is 66.7 Å². The van der Waals surface area contributed by atoms with Gasteiger partial charge < -0.3 is 9.84 Å². The Morgan fingerprint density at radius 1 is 0.923 bits per heavy atom. The Labute approximate surface area is 149 Å². The Kier molecular flexibility index (Phi) is 4.89. The molecule has 0 bridgehead atoms. The first-order valence-electron chi connectivity index (χ1n) is 8.02. The first-order valence-corrected chi connectivity index (χ1v) is 8.02. The molecule has 0 saturated carbocycles. The quantitative estimate of drug-likeness (QED) is 0.623. The minimum atomic E-state index is -4.62. The number of halogens is 3. The molecule has 0 aliphatic heterocycles. The Balaban J connectivity index is 1.91. The van der Waals surface area contributed by atoms with Crippen molar-refractivity contribution in [2.45, 2.75) is 19.7 Å². The largest absolute Gasteiger partial charge is 0.507 e. The summed E-state index contributed by atoms with van der Waals surface area (Å²) in [5, 5.41) is 9.51. The number of alkyl halides is 3. The van der Waals surface area contributed by atoms with Gasteiger partial charge in [-0.1, -0.05) is 42.5 Å². The average Bonchev–Trinajstić information content (AvgIpc) is 2.61. The number of benzene rings is 3. The number of rotatable bonds is 4. The van der Waals surface area contributed by atoms with Crippen LogP contribution in [-0.2, 0) is 12.8 Å². The minimum absolute atomic E-state index is 0.368. The summed E-state index contributed by atoms with van der Waals surface area (Å²) in [6, 6.07) is 18.4. The topological polar surface area (TPSA) is 29.5 Å². The second-order valence-corrected chi connectivity index (χ2v) is 5.98. The molecule has 1 N–H and O–H groups in total. The molecule has 3 rings (SSSR count). The van der Waals surface area contributed by atoms with Crippen LogP contribution in [0.25, 0.3) is 11.1 Å². The van der Waals surface area contributed by atoms with E-state index in [4.69, 9.17) is 4.74 Å². The number of phenols is 1. The Bertz CT molecular complexity index is 903. The van der Waals surface area contributed by atoms with Gasteiger partial charge in [0.1, 0.15) is 18.1 Å². The van der Waals surface area contributed by atoms with Gasteiger partial charge in [-0.05, 0) is 53.4 Å². The minimum Gasteiger partial charge on any atom is -0.507 e. The predicted molar refractivity (Wildman–Crippen MR) is 94.1 cm³/mol. The van der Waals surface area contributed by atoms with E-state index in [1.807, 2.05) is 37.3 Å². The third kappa shape index (κ3) is 3.99. The first-order chi connectivity index (χ1) is 12.3. The van der Waals surface area contributed by atoms with Crippen LogP contribution in [0.3, 0.4) is 0 Å². The van der Waals surface area contributed by atoms with Crippen molar-refractivity contribution in [3.05, 3.63) is 83.4 Å². The van der Waals surface area contributed by atoms with E-state index in [9.17, 15) is 18.3 Å². The van der Waals surface area contributed by atoms with Crippen molar-refractivity contribution in [3.8, 4) is 22.6 Å². The summed E-state index contributed by atoms with van der Waals surface area (Å²) >= 11 is 0. The SMILES string of the molecule is Cc1ccc(OCc2ccccc2)cc1-c1ccc(O)c(C(F)(F)F)c1. The molecule has 0 amide bonds. The van der Waals surface area contributed by atoms with Crippen LogP contribution in [0.4, 0.5) is 13.2 Å². The lowest BCUT2D eigenvalue weighted by Gasteiger charge is -2.14. The average molecular weight is 358 g/mol. The molecule has 134 valence electrons. The number of ether oxygens (including phenoxy) is 1. The number of aryl methyl sites for hydroxylation is 1. The van der Waals surface area contributed by atoms with E-state index >= 15 is 0 Å². The Hall–Kier alpha value is -2.95. The normalized spacial score (nSPS) is 11.4. The third-order valence-corrected chi connectivity index (χ3v) is 4.07. The maximum atomic E-state index is 13.0. The van der Waals surface area contributed by atoms with Gasteiger partial charge in [-0.25, -0.2) is 0 Å². The van der Waals surface area contributed by atoms with E-state index < -0.39 is 17.5 Å². The molecule has 0 saturated heterocycles. The predicted octanol–water partition coefficient (Wildman–Crippen LogP) is 5.97. The van der Waals surface area contributed by atoms with E-state index in [1.165, 1.54) is 6.07 Å². The second-order valence-electron chi connectivity index (χ2n) is 5.98. The lowest BCUT2D eigenvalue weighted by Crippen LogP contribution is -2.05. The van der Waals surface area contributed by atoms with Gasteiger partial charge in [0.15, 0.2) is 0 Å². The van der Waals surface area contributed by atoms with Gasteiger partial charge in [0.05, 0.1) is 5.56 Å². The molecule has 0 aliphatic rings. The van der Waals surface area contributed by atoms with Crippen LogP contribution in [0.5, 0.6) is 11.5 Å². The number of aromatic hydroxyl groups is 1. The maximum absolute atomic E-state index is 13.0. The summed E-state index contributed by atoms with van der Waals surface area (Å²) in [7, 11) is 0. The smallest absolute Gasteiger partial charge is 0.419 e. The van der Waals surface area contributed by atoms with Gasteiger partial charge in [0, 0.05) is 0 Å². The van der Waals surface area contributed by atoms with Gasteiger partial charge in [-0.15, -0.1) is 0 Å². The Morgan fingerprint density at radius 3 is 2.35 bits per heavy atom. The van der Waals surface area contributed by atoms with E-state index in [0.29, 0.717) is 23.5 Å². The van der Waals surface area contributed by atoms with E-state index in [1.54, 1.807) is 18.2 Å². The second kappa shape index (κ2) is 7.12. The highest BCUT2D eigenvalue weighted by atomic mass is 19.4. The fourth-order valence-electron chi connectivity index (χ4n) is 2.67. The fourth-order valence-corrected chi connectivity index (χ4v) is 2.67. The summed E-state index contributed by atoms with van der Waals surface area (Å²) in [5.41, 5.74) is 1.76. The van der Waals surface area contributed by atoms with Crippen LogP contribution in [0.2, 0.25) is 0 Å². The van der Waals surface area contributed by atoms with Crippen molar-refractivity contribution < 1.29 is 23.0 Å². The van der Waals surface area contributed by atoms with Crippen LogP contribution in [0, 0.1) is 6.92 Å². The zero-order valence-corrected chi connectivity index (χ0v) is 14.0. The van der Waals surface area contributed by atoms with Crippen molar-refractivity contribution in [1.82, 2.24) is 0 Å². The molecule has 0 unspecified atom stereocenters. The van der Waals surface area contributed by atoms with Crippen LogP contribution in [0.1, 0.15) is 16.7 Å². The van der Waals surface area contributed by atoms with Gasteiger partial charge in [0.2, 0.25) is 0 Å². The molecule has 3 aromatic carbocycles. The molecular weight excluding hydrogens is 341 g/mol. The van der Waals surface area contributed by atoms with Crippen molar-refractivity contribution in [2.75, 3.05) is 0 Å². The van der Waals surface area contributed by atoms with Gasteiger partial charge >= 0.3 is 6.18 Å². The summed E-state index contributed by atoms with van der Waals surface area (Å²) in [5.74, 6) is -0.216. The highest BCUT2D eigenvalue weighted by Crippen LogP contribution is 2.39. The lowest BCUT2D eigenvalue weighted by molar-refractivity contribution is -0.138. The van der Waals surface area contributed by atoms with Crippen LogP contribution >= 0.6 is 0 Å². The number of phenolic OH excluding ortho intramolecular Hbond substituents is 1. The lowest BCUT2D eigenvalue weighted by atomic mass is 9.98. The van der Waals surface area contributed by atoms with Gasteiger partial charge in [-0.2, -0.15) is 13.2 Å². The maximum Gasteiger partial charge on any atom is 0.419 e. The standard InChI is InChI=1S/C21H17F3O2/c1-14-7-9-17(26-13-15-5-3-2-4-6-15)12-18(14)16-8-10-20(25)19(11-16)21(22,23)24/h2-12,25H,13H2,1H3. The Morgan fingerprint density at radius 2 is 1.65 bits per heavy atom. The summed E-state index contributed by atoms with van der Waals surface area (Å²) in [6.45, 7) is 2.18. The molecule has 5 heteroatoms. The molecule has 0 aromatic heterocycles. The zero-order valence-electron chi connectivity index (χ0n) is 14.0. The monoisotopic (exact) mass is 358 g/mol. The molecule has 3 aromatic rings. The summed E-state index contributed by atoms with van der Waals surface area (Å²) < 4.78 is 44.9. The summed E-state index contributed by atoms with van der Waals surface area (Å²) in [6.07, 6.45) is -4.62. The van der Waals surface area contributed by atoms with Crippen molar-refractivity contribution in [2.24, 2.45) is 0 Å². The molecule has 0 fully saturated rings. The molecule has 2 nitrogen and oxygen atoms in total. The highest BCUT2D eigenvalue weighted by Gasteiger charge is 2.34.